The third-order valence-electron chi connectivity index (χ3n) is 3.69. The Morgan fingerprint density at radius 3 is 2.86 bits per heavy atom. The molecule has 0 atom stereocenters. The number of pyridine rings is 1. The van der Waals surface area contributed by atoms with Crippen LogP contribution in [0.1, 0.15) is 6.42 Å². The van der Waals surface area contributed by atoms with Crippen molar-refractivity contribution in [3.05, 3.63) is 40.7 Å². The molecule has 1 aromatic heterocycles. The number of H-pyrrole nitrogens is 1. The Morgan fingerprint density at radius 1 is 1.19 bits per heavy atom. The lowest BCUT2D eigenvalue weighted by molar-refractivity contribution is 0.0358. The Labute approximate surface area is 123 Å². The summed E-state index contributed by atoms with van der Waals surface area (Å²) < 4.78 is 11.1. The molecule has 5 heteroatoms. The van der Waals surface area contributed by atoms with Crippen molar-refractivity contribution in [2.75, 3.05) is 39.5 Å². The van der Waals surface area contributed by atoms with Crippen LogP contribution in [0.25, 0.3) is 10.9 Å². The first kappa shape index (κ1) is 14.1. The fraction of sp³-hybridized carbons (Fsp3) is 0.438. The molecule has 1 aliphatic rings. The van der Waals surface area contributed by atoms with E-state index in [4.69, 9.17) is 9.47 Å². The molecular weight excluding hydrogens is 268 g/mol. The number of fused-ring (bicyclic) bond motifs is 1. The molecule has 5 nitrogen and oxygen atoms in total. The molecule has 0 aliphatic carbocycles. The molecule has 3 rings (SSSR count). The van der Waals surface area contributed by atoms with Gasteiger partial charge in [-0.25, -0.2) is 0 Å². The van der Waals surface area contributed by atoms with Gasteiger partial charge in [-0.3, -0.25) is 9.69 Å². The van der Waals surface area contributed by atoms with E-state index >= 15 is 0 Å². The van der Waals surface area contributed by atoms with Crippen molar-refractivity contribution in [2.24, 2.45) is 0 Å². The zero-order chi connectivity index (χ0) is 14.5. The van der Waals surface area contributed by atoms with Gasteiger partial charge in [0.15, 0.2) is 0 Å². The van der Waals surface area contributed by atoms with Crippen molar-refractivity contribution in [1.82, 2.24) is 9.88 Å². The van der Waals surface area contributed by atoms with Crippen LogP contribution in [0, 0.1) is 0 Å². The van der Waals surface area contributed by atoms with Crippen LogP contribution in [-0.2, 0) is 4.74 Å². The quantitative estimate of drug-likeness (QED) is 0.850. The number of nitrogens with one attached hydrogen (secondary N) is 1. The SMILES string of the molecule is O=c1ccc2ccc(OCCCN3CCOCC3)cc2[nH]1. The van der Waals surface area contributed by atoms with Crippen LogP contribution in [0.2, 0.25) is 0 Å². The average Bonchev–Trinajstić information content (AvgIpc) is 2.52. The van der Waals surface area contributed by atoms with Crippen molar-refractivity contribution in [1.29, 1.82) is 0 Å². The van der Waals surface area contributed by atoms with Crippen molar-refractivity contribution in [2.45, 2.75) is 6.42 Å². The smallest absolute Gasteiger partial charge is 0.248 e. The van der Waals surface area contributed by atoms with Crippen LogP contribution < -0.4 is 10.3 Å². The highest BCUT2D eigenvalue weighted by Crippen LogP contribution is 2.18. The maximum absolute atomic E-state index is 11.3. The fourth-order valence-corrected chi connectivity index (χ4v) is 2.52. The van der Waals surface area contributed by atoms with Crippen LogP contribution in [0.4, 0.5) is 0 Å². The van der Waals surface area contributed by atoms with Crippen LogP contribution in [0.15, 0.2) is 35.1 Å². The van der Waals surface area contributed by atoms with E-state index in [0.29, 0.717) is 6.61 Å². The van der Waals surface area contributed by atoms with Gasteiger partial charge in [0.05, 0.1) is 25.3 Å². The third kappa shape index (κ3) is 3.83. The summed E-state index contributed by atoms with van der Waals surface area (Å²) in [5, 5.41) is 1.01. The van der Waals surface area contributed by atoms with Crippen LogP contribution in [0.5, 0.6) is 5.75 Å². The third-order valence-corrected chi connectivity index (χ3v) is 3.69. The van der Waals surface area contributed by atoms with E-state index in [0.717, 1.165) is 55.9 Å². The fourth-order valence-electron chi connectivity index (χ4n) is 2.52. The number of aromatic nitrogens is 1. The van der Waals surface area contributed by atoms with E-state index in [1.807, 2.05) is 24.3 Å². The molecule has 1 fully saturated rings. The Kier molecular flexibility index (Phi) is 4.52. The lowest BCUT2D eigenvalue weighted by Crippen LogP contribution is -2.37. The van der Waals surface area contributed by atoms with Gasteiger partial charge in [-0.1, -0.05) is 0 Å². The Hall–Kier alpha value is -1.85. The number of rotatable bonds is 5. The summed E-state index contributed by atoms with van der Waals surface area (Å²) in [7, 11) is 0. The zero-order valence-corrected chi connectivity index (χ0v) is 12.0. The van der Waals surface area contributed by atoms with Gasteiger partial charge in [0, 0.05) is 31.8 Å². The van der Waals surface area contributed by atoms with Gasteiger partial charge in [-0.2, -0.15) is 0 Å². The average molecular weight is 288 g/mol. The van der Waals surface area contributed by atoms with Crippen LogP contribution >= 0.6 is 0 Å². The molecule has 1 saturated heterocycles. The number of ether oxygens (including phenoxy) is 2. The molecule has 1 aromatic carbocycles. The van der Waals surface area contributed by atoms with Crippen molar-refractivity contribution in [3.63, 3.8) is 0 Å². The molecular formula is C16H20N2O3. The van der Waals surface area contributed by atoms with Gasteiger partial charge in [-0.15, -0.1) is 0 Å². The Bertz CT molecular complexity index is 647. The van der Waals surface area contributed by atoms with E-state index in [-0.39, 0.29) is 5.56 Å². The summed E-state index contributed by atoms with van der Waals surface area (Å²) in [5.74, 6) is 0.798. The lowest BCUT2D eigenvalue weighted by Gasteiger charge is -2.26. The molecule has 0 radical (unpaired) electrons. The number of morpholine rings is 1. The van der Waals surface area contributed by atoms with Gasteiger partial charge in [0.1, 0.15) is 5.75 Å². The maximum Gasteiger partial charge on any atom is 0.248 e. The molecule has 2 heterocycles. The molecule has 0 amide bonds. The summed E-state index contributed by atoms with van der Waals surface area (Å²) in [4.78, 5) is 16.5. The molecule has 0 spiro atoms. The molecule has 21 heavy (non-hydrogen) atoms. The van der Waals surface area contributed by atoms with Gasteiger partial charge in [0.2, 0.25) is 5.56 Å². The molecule has 0 unspecified atom stereocenters. The van der Waals surface area contributed by atoms with Crippen LogP contribution in [-0.4, -0.2) is 49.3 Å². The van der Waals surface area contributed by atoms with E-state index in [1.165, 1.54) is 6.07 Å². The predicted octanol–water partition coefficient (Wildman–Crippen LogP) is 1.63. The first-order valence-electron chi connectivity index (χ1n) is 7.37. The van der Waals surface area contributed by atoms with E-state index in [9.17, 15) is 4.79 Å². The molecule has 1 N–H and O–H groups in total. The van der Waals surface area contributed by atoms with Crippen molar-refractivity contribution < 1.29 is 9.47 Å². The maximum atomic E-state index is 11.3. The topological polar surface area (TPSA) is 54.6 Å². The highest BCUT2D eigenvalue weighted by Gasteiger charge is 2.09. The first-order chi connectivity index (χ1) is 10.3. The van der Waals surface area contributed by atoms with Gasteiger partial charge in [0.25, 0.3) is 0 Å². The Morgan fingerprint density at radius 2 is 2.00 bits per heavy atom. The summed E-state index contributed by atoms with van der Waals surface area (Å²) in [5.41, 5.74) is 0.722. The second-order valence-corrected chi connectivity index (χ2v) is 5.23. The highest BCUT2D eigenvalue weighted by molar-refractivity contribution is 5.79. The normalized spacial score (nSPS) is 16.2. The molecule has 0 bridgehead atoms. The summed E-state index contributed by atoms with van der Waals surface area (Å²) in [6.45, 7) is 5.40. The van der Waals surface area contributed by atoms with Gasteiger partial charge in [-0.05, 0) is 30.0 Å². The second kappa shape index (κ2) is 6.74. The Balaban J connectivity index is 1.51. The van der Waals surface area contributed by atoms with E-state index < -0.39 is 0 Å². The predicted molar refractivity (Wildman–Crippen MR) is 81.9 cm³/mol. The van der Waals surface area contributed by atoms with E-state index in [1.54, 1.807) is 0 Å². The minimum Gasteiger partial charge on any atom is -0.493 e. The molecule has 2 aromatic rings. The number of hydrogen-bond acceptors (Lipinski definition) is 4. The molecule has 112 valence electrons. The lowest BCUT2D eigenvalue weighted by atomic mass is 10.2. The summed E-state index contributed by atoms with van der Waals surface area (Å²) >= 11 is 0. The molecule has 0 saturated carbocycles. The van der Waals surface area contributed by atoms with Gasteiger partial charge < -0.3 is 14.5 Å². The zero-order valence-electron chi connectivity index (χ0n) is 12.0. The van der Waals surface area contributed by atoms with Crippen LogP contribution in [0.3, 0.4) is 0 Å². The second-order valence-electron chi connectivity index (χ2n) is 5.23. The standard InChI is InChI=1S/C16H20N2O3/c19-16-5-3-13-2-4-14(12-15(13)17-16)21-9-1-6-18-7-10-20-11-8-18/h2-5,12H,1,6-11H2,(H,17,19). The molecule has 1 aliphatic heterocycles. The first-order valence-corrected chi connectivity index (χ1v) is 7.37. The van der Waals surface area contributed by atoms with Crippen molar-refractivity contribution in [3.8, 4) is 5.75 Å². The minimum atomic E-state index is -0.0908. The highest BCUT2D eigenvalue weighted by atomic mass is 16.5. The largest absolute Gasteiger partial charge is 0.493 e. The minimum absolute atomic E-state index is 0.0908. The summed E-state index contributed by atoms with van der Waals surface area (Å²) in [6.07, 6.45) is 0.989. The number of benzene rings is 1. The van der Waals surface area contributed by atoms with Gasteiger partial charge >= 0.3 is 0 Å². The van der Waals surface area contributed by atoms with E-state index in [2.05, 4.69) is 9.88 Å². The monoisotopic (exact) mass is 288 g/mol. The number of hydrogen-bond donors (Lipinski definition) is 1. The van der Waals surface area contributed by atoms with Crippen molar-refractivity contribution >= 4 is 10.9 Å². The number of nitrogens with zero attached hydrogens (tertiary/aromatic N) is 1. The summed E-state index contributed by atoms with van der Waals surface area (Å²) in [6, 6.07) is 9.13. The number of aromatic amines is 1.